The van der Waals surface area contributed by atoms with Crippen LogP contribution in [0.4, 0.5) is 0 Å². The number of fused-ring (bicyclic) bond motifs is 4. The Morgan fingerprint density at radius 3 is 1.66 bits per heavy atom. The van der Waals surface area contributed by atoms with E-state index in [1.807, 2.05) is 36.4 Å². The number of amidine groups is 2. The molecule has 0 saturated carbocycles. The monoisotopic (exact) mass is 679 g/mol. The van der Waals surface area contributed by atoms with Crippen molar-refractivity contribution in [2.75, 3.05) is 0 Å². The molecule has 0 spiro atoms. The number of hydrogen-bond donors (Lipinski definition) is 1. The van der Waals surface area contributed by atoms with Crippen LogP contribution in [0.5, 0.6) is 0 Å². The third kappa shape index (κ3) is 5.58. The highest BCUT2D eigenvalue weighted by molar-refractivity contribution is 6.17. The van der Waals surface area contributed by atoms with E-state index in [2.05, 4.69) is 157 Å². The van der Waals surface area contributed by atoms with Crippen LogP contribution in [-0.2, 0) is 0 Å². The predicted molar refractivity (Wildman–Crippen MR) is 219 cm³/mol. The van der Waals surface area contributed by atoms with Crippen molar-refractivity contribution < 1.29 is 4.42 Å². The van der Waals surface area contributed by atoms with Gasteiger partial charge in [-0.25, -0.2) is 9.98 Å². The third-order valence-electron chi connectivity index (χ3n) is 10.2. The molecule has 1 unspecified atom stereocenters. The van der Waals surface area contributed by atoms with Crippen LogP contribution < -0.4 is 5.32 Å². The second kappa shape index (κ2) is 12.9. The van der Waals surface area contributed by atoms with Crippen LogP contribution in [0, 0.1) is 0 Å². The van der Waals surface area contributed by atoms with E-state index >= 15 is 0 Å². The fourth-order valence-electron chi connectivity index (χ4n) is 7.55. The Bertz CT molecular complexity index is 2830. The smallest absolute Gasteiger partial charge is 0.170 e. The van der Waals surface area contributed by atoms with Crippen molar-refractivity contribution in [1.82, 2.24) is 5.32 Å². The average Bonchev–Trinajstić information content (AvgIpc) is 3.63. The van der Waals surface area contributed by atoms with Gasteiger partial charge in [-0.15, -0.1) is 0 Å². The lowest BCUT2D eigenvalue weighted by Gasteiger charge is -2.23. The summed E-state index contributed by atoms with van der Waals surface area (Å²) in [5.41, 5.74) is 11.6. The van der Waals surface area contributed by atoms with E-state index in [-0.39, 0.29) is 0 Å². The summed E-state index contributed by atoms with van der Waals surface area (Å²) in [5, 5.41) is 8.12. The number of furan rings is 1. The zero-order valence-corrected chi connectivity index (χ0v) is 28.8. The lowest BCUT2D eigenvalue weighted by Crippen LogP contribution is -2.36. The molecule has 4 nitrogen and oxygen atoms in total. The highest BCUT2D eigenvalue weighted by atomic mass is 16.3. The van der Waals surface area contributed by atoms with Crippen LogP contribution in [0.3, 0.4) is 0 Å². The molecular weight excluding hydrogens is 647 g/mol. The van der Waals surface area contributed by atoms with Crippen LogP contribution in [0.15, 0.2) is 202 Å². The molecule has 0 radical (unpaired) electrons. The summed E-state index contributed by atoms with van der Waals surface area (Å²) in [5.74, 6) is 1.56. The first-order chi connectivity index (χ1) is 26.3. The van der Waals surface area contributed by atoms with Gasteiger partial charge in [-0.3, -0.25) is 0 Å². The average molecular weight is 680 g/mol. The number of hydrogen-bond acceptors (Lipinski definition) is 4. The van der Waals surface area contributed by atoms with Gasteiger partial charge in [0.1, 0.15) is 22.8 Å². The summed E-state index contributed by atoms with van der Waals surface area (Å²) in [6, 6.07) is 65.7. The van der Waals surface area contributed by atoms with E-state index in [4.69, 9.17) is 14.4 Å². The fraction of sp³-hybridized carbons (Fsp3) is 0.0204. The van der Waals surface area contributed by atoms with Gasteiger partial charge in [0.15, 0.2) is 6.17 Å². The normalized spacial score (nSPS) is 14.2. The zero-order chi connectivity index (χ0) is 35.1. The molecule has 1 aliphatic rings. The van der Waals surface area contributed by atoms with Crippen LogP contribution in [-0.4, -0.2) is 11.7 Å². The molecule has 0 amide bonds. The van der Waals surface area contributed by atoms with E-state index in [0.717, 1.165) is 67.0 Å². The van der Waals surface area contributed by atoms with E-state index in [9.17, 15) is 0 Å². The maximum Gasteiger partial charge on any atom is 0.170 e. The lowest BCUT2D eigenvalue weighted by atomic mass is 9.97. The molecule has 1 atom stereocenters. The van der Waals surface area contributed by atoms with E-state index in [0.29, 0.717) is 0 Å². The number of nitrogens with zero attached hydrogens (tertiary/aromatic N) is 2. The molecule has 53 heavy (non-hydrogen) atoms. The molecule has 250 valence electrons. The minimum Gasteiger partial charge on any atom is -0.455 e. The molecular formula is C49H33N3O. The molecule has 1 aromatic heterocycles. The first-order valence-corrected chi connectivity index (χ1v) is 17.9. The van der Waals surface area contributed by atoms with E-state index < -0.39 is 6.17 Å². The maximum absolute atomic E-state index is 6.68. The Hall–Kier alpha value is -7.04. The van der Waals surface area contributed by atoms with Crippen molar-refractivity contribution in [3.8, 4) is 33.4 Å². The molecule has 0 saturated heterocycles. The van der Waals surface area contributed by atoms with Crippen LogP contribution in [0.2, 0.25) is 0 Å². The molecule has 0 fully saturated rings. The summed E-state index contributed by atoms with van der Waals surface area (Å²) in [4.78, 5) is 10.5. The second-order valence-electron chi connectivity index (χ2n) is 13.4. The van der Waals surface area contributed by atoms with Gasteiger partial charge in [-0.1, -0.05) is 182 Å². The number of aliphatic imine (C=N–C) groups is 2. The quantitative estimate of drug-likeness (QED) is 0.190. The van der Waals surface area contributed by atoms with Gasteiger partial charge in [0, 0.05) is 33.0 Å². The van der Waals surface area contributed by atoms with Gasteiger partial charge in [0.25, 0.3) is 0 Å². The van der Waals surface area contributed by atoms with Crippen LogP contribution in [0.1, 0.15) is 22.9 Å². The molecule has 0 bridgehead atoms. The maximum atomic E-state index is 6.68. The number of rotatable bonds is 6. The largest absolute Gasteiger partial charge is 0.455 e. The SMILES string of the molecule is c1ccc(C2=NC(c3cccc4oc5c(-c6ccc(-c7ccccc7)cc6)cccc5c34)N=C(c3ccc(-c4cccc5ccccc45)cc3)N2)cc1. The first-order valence-electron chi connectivity index (χ1n) is 17.9. The lowest BCUT2D eigenvalue weighted by molar-refractivity contribution is 0.668. The molecule has 0 aliphatic carbocycles. The number of nitrogens with one attached hydrogen (secondary N) is 1. The molecule has 8 aromatic carbocycles. The van der Waals surface area contributed by atoms with Crippen molar-refractivity contribution in [3.63, 3.8) is 0 Å². The Morgan fingerprint density at radius 2 is 0.906 bits per heavy atom. The summed E-state index contributed by atoms with van der Waals surface area (Å²) >= 11 is 0. The molecule has 1 N–H and O–H groups in total. The van der Waals surface area contributed by atoms with E-state index in [1.165, 1.54) is 27.5 Å². The topological polar surface area (TPSA) is 49.9 Å². The number of benzene rings is 8. The van der Waals surface area contributed by atoms with Crippen molar-refractivity contribution >= 4 is 44.4 Å². The fourth-order valence-corrected chi connectivity index (χ4v) is 7.55. The predicted octanol–water partition coefficient (Wildman–Crippen LogP) is 12.2. The summed E-state index contributed by atoms with van der Waals surface area (Å²) in [7, 11) is 0. The van der Waals surface area contributed by atoms with Gasteiger partial charge >= 0.3 is 0 Å². The third-order valence-corrected chi connectivity index (χ3v) is 10.2. The van der Waals surface area contributed by atoms with Gasteiger partial charge in [-0.05, 0) is 44.7 Å². The minimum absolute atomic E-state index is 0.488. The first kappa shape index (κ1) is 30.8. The Balaban J connectivity index is 1.07. The van der Waals surface area contributed by atoms with Crippen molar-refractivity contribution in [2.45, 2.75) is 6.17 Å². The highest BCUT2D eigenvalue weighted by Gasteiger charge is 2.25. The molecule has 1 aliphatic heterocycles. The Morgan fingerprint density at radius 1 is 0.396 bits per heavy atom. The molecule has 9 aromatic rings. The molecule has 10 rings (SSSR count). The van der Waals surface area contributed by atoms with Gasteiger partial charge < -0.3 is 9.73 Å². The minimum atomic E-state index is -0.488. The van der Waals surface area contributed by atoms with Crippen molar-refractivity contribution in [2.24, 2.45) is 9.98 Å². The second-order valence-corrected chi connectivity index (χ2v) is 13.4. The van der Waals surface area contributed by atoms with Crippen molar-refractivity contribution in [3.05, 3.63) is 205 Å². The van der Waals surface area contributed by atoms with Gasteiger partial charge in [0.05, 0.1) is 0 Å². The standard InChI is InChI=1S/C49H33N3O/c1-3-12-32(13-4-1)33-24-26-36(27-25-33)41-20-10-21-42-45-43(22-11-23-44(45)53-46(41)42)49-51-47(37-15-5-2-6-16-37)50-48(52-49)38-30-28-35(29-31-38)40-19-9-17-34-14-7-8-18-39(34)40/h1-31,49H,(H,50,51,52). The number of para-hydroxylation sites is 1. The zero-order valence-electron chi connectivity index (χ0n) is 28.8. The Labute approximate surface area is 307 Å². The van der Waals surface area contributed by atoms with Gasteiger partial charge in [-0.2, -0.15) is 0 Å². The molecule has 4 heteroatoms. The Kier molecular flexibility index (Phi) is 7.51. The summed E-state index contributed by atoms with van der Waals surface area (Å²) in [6.45, 7) is 0. The van der Waals surface area contributed by atoms with Gasteiger partial charge in [0.2, 0.25) is 0 Å². The van der Waals surface area contributed by atoms with Crippen LogP contribution >= 0.6 is 0 Å². The highest BCUT2D eigenvalue weighted by Crippen LogP contribution is 2.41. The van der Waals surface area contributed by atoms with Crippen molar-refractivity contribution in [1.29, 1.82) is 0 Å². The molecule has 2 heterocycles. The summed E-state index contributed by atoms with van der Waals surface area (Å²) < 4.78 is 6.68. The van der Waals surface area contributed by atoms with E-state index in [1.54, 1.807) is 0 Å². The summed E-state index contributed by atoms with van der Waals surface area (Å²) in [6.07, 6.45) is -0.488. The van der Waals surface area contributed by atoms with Crippen LogP contribution in [0.25, 0.3) is 66.1 Å².